The van der Waals surface area contributed by atoms with Gasteiger partial charge in [-0.25, -0.2) is 8.42 Å². The van der Waals surface area contributed by atoms with Crippen molar-refractivity contribution in [2.45, 2.75) is 17.1 Å². The van der Waals surface area contributed by atoms with E-state index in [9.17, 15) is 18.0 Å². The van der Waals surface area contributed by atoms with Crippen LogP contribution in [0, 0.1) is 0 Å². The van der Waals surface area contributed by atoms with Gasteiger partial charge in [0.05, 0.1) is 17.1 Å². The van der Waals surface area contributed by atoms with Crippen LogP contribution in [0.1, 0.15) is 27.0 Å². The Morgan fingerprint density at radius 2 is 1.82 bits per heavy atom. The Kier molecular flexibility index (Phi) is 3.33. The molecule has 0 aromatic heterocycles. The highest BCUT2D eigenvalue weighted by molar-refractivity contribution is 7.90. The summed E-state index contributed by atoms with van der Waals surface area (Å²) >= 11 is 0. The molecule has 0 aliphatic carbocycles. The molecule has 2 aromatic rings. The fourth-order valence-corrected chi connectivity index (χ4v) is 4.23. The summed E-state index contributed by atoms with van der Waals surface area (Å²) in [5.74, 6) is -1.67. The van der Waals surface area contributed by atoms with Crippen LogP contribution in [0.3, 0.4) is 0 Å². The second kappa shape index (κ2) is 5.06. The number of hydrogen-bond donors (Lipinski definition) is 1. The maximum Gasteiger partial charge on any atom is 0.307 e. The lowest BCUT2D eigenvalue weighted by atomic mass is 9.98. The number of carboxylic acids is 1. The zero-order valence-corrected chi connectivity index (χ0v) is 12.3. The van der Waals surface area contributed by atoms with Gasteiger partial charge in [0.15, 0.2) is 15.6 Å². The summed E-state index contributed by atoms with van der Waals surface area (Å²) in [5, 5.41) is 8.83. The molecular weight excluding hydrogens is 304 g/mol. The Bertz CT molecular complexity index is 897. The standard InChI is InChI=1S/C16H12O5S/c17-15(18)8-10-5-6-13-14(7-10)22(20,21)9-11-3-1-2-4-12(11)16(13)19/h1-7H,8-9H2,(H,17,18). The molecular formula is C16H12O5S. The highest BCUT2D eigenvalue weighted by Crippen LogP contribution is 2.30. The van der Waals surface area contributed by atoms with Crippen molar-refractivity contribution in [2.24, 2.45) is 0 Å². The van der Waals surface area contributed by atoms with Crippen LogP contribution in [-0.4, -0.2) is 25.3 Å². The molecule has 0 amide bonds. The molecule has 112 valence electrons. The van der Waals surface area contributed by atoms with Gasteiger partial charge in [0.1, 0.15) is 0 Å². The summed E-state index contributed by atoms with van der Waals surface area (Å²) in [6, 6.07) is 10.8. The lowest BCUT2D eigenvalue weighted by Gasteiger charge is -2.07. The molecule has 22 heavy (non-hydrogen) atoms. The number of ketones is 1. The van der Waals surface area contributed by atoms with Gasteiger partial charge in [-0.3, -0.25) is 9.59 Å². The summed E-state index contributed by atoms with van der Waals surface area (Å²) in [6.07, 6.45) is -0.288. The van der Waals surface area contributed by atoms with Gasteiger partial charge in [0, 0.05) is 11.1 Å². The van der Waals surface area contributed by atoms with Crippen LogP contribution in [-0.2, 0) is 26.8 Å². The third-order valence-corrected chi connectivity index (χ3v) is 5.29. The zero-order chi connectivity index (χ0) is 15.9. The molecule has 0 atom stereocenters. The van der Waals surface area contributed by atoms with E-state index in [1.807, 2.05) is 0 Å². The number of benzene rings is 2. The molecule has 0 radical (unpaired) electrons. The molecule has 0 saturated carbocycles. The van der Waals surface area contributed by atoms with E-state index in [4.69, 9.17) is 5.11 Å². The second-order valence-corrected chi connectivity index (χ2v) is 7.10. The first-order valence-corrected chi connectivity index (χ1v) is 8.24. The van der Waals surface area contributed by atoms with Crippen molar-refractivity contribution >= 4 is 21.6 Å². The van der Waals surface area contributed by atoms with Crippen molar-refractivity contribution in [1.29, 1.82) is 0 Å². The smallest absolute Gasteiger partial charge is 0.307 e. The minimum atomic E-state index is -3.70. The minimum Gasteiger partial charge on any atom is -0.481 e. The molecule has 5 nitrogen and oxygen atoms in total. The molecule has 1 aliphatic heterocycles. The van der Waals surface area contributed by atoms with Crippen LogP contribution in [0.15, 0.2) is 47.4 Å². The Labute approximate surface area is 127 Å². The van der Waals surface area contributed by atoms with Gasteiger partial charge in [0.25, 0.3) is 0 Å². The summed E-state index contributed by atoms with van der Waals surface area (Å²) in [4.78, 5) is 23.3. The van der Waals surface area contributed by atoms with Crippen molar-refractivity contribution in [3.8, 4) is 0 Å². The molecule has 1 aliphatic rings. The Hall–Kier alpha value is -2.47. The lowest BCUT2D eigenvalue weighted by molar-refractivity contribution is -0.136. The van der Waals surface area contributed by atoms with Crippen LogP contribution < -0.4 is 0 Å². The van der Waals surface area contributed by atoms with Gasteiger partial charge in [-0.15, -0.1) is 0 Å². The van der Waals surface area contributed by atoms with Gasteiger partial charge >= 0.3 is 5.97 Å². The minimum absolute atomic E-state index is 0.0903. The van der Waals surface area contributed by atoms with Crippen molar-refractivity contribution in [3.05, 3.63) is 64.7 Å². The number of carbonyl (C=O) groups is 2. The first-order valence-electron chi connectivity index (χ1n) is 6.58. The first-order chi connectivity index (χ1) is 10.4. The molecule has 6 heteroatoms. The second-order valence-electron chi connectivity index (χ2n) is 5.15. The van der Waals surface area contributed by atoms with Crippen molar-refractivity contribution in [3.63, 3.8) is 0 Å². The average molecular weight is 316 g/mol. The number of rotatable bonds is 2. The Morgan fingerprint density at radius 3 is 2.55 bits per heavy atom. The quantitative estimate of drug-likeness (QED) is 0.913. The topological polar surface area (TPSA) is 88.5 Å². The maximum absolute atomic E-state index is 12.6. The van der Waals surface area contributed by atoms with E-state index in [1.165, 1.54) is 18.2 Å². The molecule has 0 saturated heterocycles. The van der Waals surface area contributed by atoms with Crippen LogP contribution in [0.2, 0.25) is 0 Å². The molecule has 0 unspecified atom stereocenters. The molecule has 0 bridgehead atoms. The van der Waals surface area contributed by atoms with Gasteiger partial charge < -0.3 is 5.11 Å². The monoisotopic (exact) mass is 316 g/mol. The van der Waals surface area contributed by atoms with Crippen molar-refractivity contribution < 1.29 is 23.1 Å². The van der Waals surface area contributed by atoms with E-state index in [0.29, 0.717) is 16.7 Å². The van der Waals surface area contributed by atoms with Crippen LogP contribution >= 0.6 is 0 Å². The molecule has 1 heterocycles. The molecule has 1 N–H and O–H groups in total. The highest BCUT2D eigenvalue weighted by atomic mass is 32.2. The summed E-state index contributed by atoms with van der Waals surface area (Å²) in [7, 11) is -3.70. The molecule has 3 rings (SSSR count). The largest absolute Gasteiger partial charge is 0.481 e. The maximum atomic E-state index is 12.6. The summed E-state index contributed by atoms with van der Waals surface area (Å²) in [5.41, 5.74) is 1.28. The molecule has 2 aromatic carbocycles. The zero-order valence-electron chi connectivity index (χ0n) is 11.4. The average Bonchev–Trinajstić information content (AvgIpc) is 2.53. The normalized spacial score (nSPS) is 15.5. The van der Waals surface area contributed by atoms with Crippen molar-refractivity contribution in [2.75, 3.05) is 0 Å². The number of sulfone groups is 1. The number of hydrogen-bond acceptors (Lipinski definition) is 4. The fraction of sp³-hybridized carbons (Fsp3) is 0.125. The summed E-state index contributed by atoms with van der Waals surface area (Å²) in [6.45, 7) is 0. The summed E-state index contributed by atoms with van der Waals surface area (Å²) < 4.78 is 25.1. The predicted octanol–water partition coefficient (Wildman–Crippen LogP) is 1.83. The number of fused-ring (bicyclic) bond motifs is 2. The van der Waals surface area contributed by atoms with Gasteiger partial charge in [0.2, 0.25) is 0 Å². The third kappa shape index (κ3) is 2.42. The molecule has 0 fully saturated rings. The number of carboxylic acid groups (broad SMARTS) is 1. The molecule has 0 spiro atoms. The van der Waals surface area contributed by atoms with E-state index >= 15 is 0 Å². The number of carbonyl (C=O) groups excluding carboxylic acids is 1. The number of aliphatic carboxylic acids is 1. The van der Waals surface area contributed by atoms with Crippen LogP contribution in [0.5, 0.6) is 0 Å². The van der Waals surface area contributed by atoms with Gasteiger partial charge in [-0.1, -0.05) is 30.3 Å². The predicted molar refractivity (Wildman–Crippen MR) is 78.5 cm³/mol. The van der Waals surface area contributed by atoms with Gasteiger partial charge in [-0.05, 0) is 23.3 Å². The van der Waals surface area contributed by atoms with E-state index in [1.54, 1.807) is 24.3 Å². The van der Waals surface area contributed by atoms with E-state index in [0.717, 1.165) is 0 Å². The third-order valence-electron chi connectivity index (χ3n) is 3.59. The van der Waals surface area contributed by atoms with E-state index < -0.39 is 15.8 Å². The van der Waals surface area contributed by atoms with Crippen LogP contribution in [0.4, 0.5) is 0 Å². The van der Waals surface area contributed by atoms with E-state index in [2.05, 4.69) is 0 Å². The lowest BCUT2D eigenvalue weighted by Crippen LogP contribution is -2.09. The van der Waals surface area contributed by atoms with Crippen molar-refractivity contribution in [1.82, 2.24) is 0 Å². The van der Waals surface area contributed by atoms with E-state index in [-0.39, 0.29) is 28.4 Å². The van der Waals surface area contributed by atoms with Crippen LogP contribution in [0.25, 0.3) is 0 Å². The SMILES string of the molecule is O=C(O)Cc1ccc2c(c1)S(=O)(=O)Cc1ccccc1C2=O. The van der Waals surface area contributed by atoms with Gasteiger partial charge in [-0.2, -0.15) is 0 Å². The first kappa shape index (κ1) is 14.5. The fourth-order valence-electron chi connectivity index (χ4n) is 2.59. The highest BCUT2D eigenvalue weighted by Gasteiger charge is 2.30. The Balaban J connectivity index is 2.24. The Morgan fingerprint density at radius 1 is 1.09 bits per heavy atom.